The van der Waals surface area contributed by atoms with Crippen molar-refractivity contribution in [2.45, 2.75) is 6.54 Å². The Morgan fingerprint density at radius 2 is 1.93 bits per heavy atom. The number of nitrogens with one attached hydrogen (secondary N) is 2. The van der Waals surface area contributed by atoms with Crippen LogP contribution < -0.4 is 16.3 Å². The van der Waals surface area contributed by atoms with Gasteiger partial charge >= 0.3 is 5.69 Å². The van der Waals surface area contributed by atoms with Crippen molar-refractivity contribution in [3.8, 4) is 0 Å². The van der Waals surface area contributed by atoms with Crippen LogP contribution in [0, 0.1) is 5.82 Å². The van der Waals surface area contributed by atoms with E-state index in [1.165, 1.54) is 22.7 Å². The number of aromatic nitrogens is 4. The van der Waals surface area contributed by atoms with Crippen molar-refractivity contribution in [3.05, 3.63) is 81.6 Å². The average Bonchev–Trinajstić information content (AvgIpc) is 3.00. The maximum Gasteiger partial charge on any atom is 0.352 e. The van der Waals surface area contributed by atoms with Gasteiger partial charge in [0.2, 0.25) is 5.91 Å². The Kier molecular flexibility index (Phi) is 5.09. The molecule has 0 spiro atoms. The molecule has 2 aromatic heterocycles. The number of amides is 1. The molecule has 0 bridgehead atoms. The smallest absolute Gasteiger partial charge is 0.340 e. The van der Waals surface area contributed by atoms with Crippen LogP contribution in [0.15, 0.2) is 70.1 Å². The van der Waals surface area contributed by atoms with Gasteiger partial charge in [0.25, 0.3) is 5.78 Å². The van der Waals surface area contributed by atoms with Crippen LogP contribution >= 0.6 is 15.9 Å². The molecule has 4 rings (SSSR count). The van der Waals surface area contributed by atoms with Crippen LogP contribution in [-0.2, 0) is 11.3 Å². The molecule has 1 amide bonds. The Balaban J connectivity index is 1.53. The van der Waals surface area contributed by atoms with Crippen LogP contribution in [0.2, 0.25) is 0 Å². The molecular weight excluding hydrogens is 443 g/mol. The largest absolute Gasteiger partial charge is 0.352 e. The van der Waals surface area contributed by atoms with Crippen LogP contribution in [-0.4, -0.2) is 25.1 Å². The van der Waals surface area contributed by atoms with Gasteiger partial charge in [-0.2, -0.15) is 4.98 Å². The summed E-state index contributed by atoms with van der Waals surface area (Å²) >= 11 is 3.15. The summed E-state index contributed by atoms with van der Waals surface area (Å²) in [6.07, 6.45) is 1.52. The minimum Gasteiger partial charge on any atom is -0.340 e. The summed E-state index contributed by atoms with van der Waals surface area (Å²) in [6.45, 7) is -0.376. The monoisotopic (exact) mass is 456 g/mol. The molecule has 0 radical (unpaired) electrons. The summed E-state index contributed by atoms with van der Waals surface area (Å²) in [7, 11) is 0. The molecule has 0 saturated heterocycles. The Hall–Kier alpha value is -3.53. The molecule has 0 fully saturated rings. The van der Waals surface area contributed by atoms with Crippen LogP contribution in [0.5, 0.6) is 0 Å². The number of hydrogen-bond donors (Lipinski definition) is 2. The van der Waals surface area contributed by atoms with Gasteiger partial charge in [-0.1, -0.05) is 34.1 Å². The fourth-order valence-electron chi connectivity index (χ4n) is 2.66. The average molecular weight is 457 g/mol. The van der Waals surface area contributed by atoms with Gasteiger partial charge in [-0.15, -0.1) is 5.10 Å². The molecule has 2 heterocycles. The van der Waals surface area contributed by atoms with E-state index in [1.54, 1.807) is 12.1 Å². The quantitative estimate of drug-likeness (QED) is 0.480. The number of hydrogen-bond acceptors (Lipinski definition) is 5. The maximum atomic E-state index is 13.9. The predicted octanol–water partition coefficient (Wildman–Crippen LogP) is 3.17. The normalized spacial score (nSPS) is 10.8. The van der Waals surface area contributed by atoms with E-state index in [-0.39, 0.29) is 18.0 Å². The zero-order valence-corrected chi connectivity index (χ0v) is 16.4. The first-order valence-electron chi connectivity index (χ1n) is 8.53. The highest BCUT2D eigenvalue weighted by Gasteiger charge is 2.14. The number of nitrogens with zero attached hydrogens (tertiary/aromatic N) is 4. The number of anilines is 3. The Labute approximate surface area is 172 Å². The van der Waals surface area contributed by atoms with Gasteiger partial charge in [-0.25, -0.2) is 18.3 Å². The van der Waals surface area contributed by atoms with Crippen molar-refractivity contribution in [1.29, 1.82) is 0 Å². The first-order chi connectivity index (χ1) is 14.0. The Morgan fingerprint density at radius 3 is 2.69 bits per heavy atom. The molecule has 0 aliphatic heterocycles. The molecule has 8 nitrogen and oxygen atoms in total. The Bertz CT molecular complexity index is 1250. The van der Waals surface area contributed by atoms with Crippen molar-refractivity contribution in [2.75, 3.05) is 10.6 Å². The maximum absolute atomic E-state index is 13.9. The molecule has 2 N–H and O–H groups in total. The molecule has 0 aliphatic rings. The zero-order chi connectivity index (χ0) is 20.4. The van der Waals surface area contributed by atoms with Crippen molar-refractivity contribution < 1.29 is 9.18 Å². The highest BCUT2D eigenvalue weighted by Crippen LogP contribution is 2.19. The molecule has 0 aliphatic carbocycles. The SMILES string of the molecule is O=C(Cn1nc2nc(Nc3ccccc3)ccn2c1=O)Nc1ccc(Br)cc1F. The second kappa shape index (κ2) is 7.84. The molecule has 0 unspecified atom stereocenters. The summed E-state index contributed by atoms with van der Waals surface area (Å²) in [4.78, 5) is 29.0. The lowest BCUT2D eigenvalue weighted by molar-refractivity contribution is -0.117. The lowest BCUT2D eigenvalue weighted by Crippen LogP contribution is -2.28. The van der Waals surface area contributed by atoms with E-state index in [9.17, 15) is 14.0 Å². The van der Waals surface area contributed by atoms with Gasteiger partial charge in [0.1, 0.15) is 18.2 Å². The van der Waals surface area contributed by atoms with Crippen molar-refractivity contribution >= 4 is 44.8 Å². The van der Waals surface area contributed by atoms with E-state index in [1.807, 2.05) is 30.3 Å². The highest BCUT2D eigenvalue weighted by molar-refractivity contribution is 9.10. The fourth-order valence-corrected chi connectivity index (χ4v) is 3.00. The number of benzene rings is 2. The Morgan fingerprint density at radius 1 is 1.14 bits per heavy atom. The topological polar surface area (TPSA) is 93.3 Å². The molecule has 2 aromatic carbocycles. The first kappa shape index (κ1) is 18.8. The minimum atomic E-state index is -0.589. The third kappa shape index (κ3) is 4.16. The molecule has 146 valence electrons. The summed E-state index contributed by atoms with van der Waals surface area (Å²) in [6, 6.07) is 15.3. The number of fused-ring (bicyclic) bond motifs is 1. The van der Waals surface area contributed by atoms with Gasteiger partial charge < -0.3 is 10.6 Å². The van der Waals surface area contributed by atoms with E-state index in [4.69, 9.17) is 0 Å². The van der Waals surface area contributed by atoms with E-state index >= 15 is 0 Å². The number of carbonyl (C=O) groups excluding carboxylic acids is 1. The van der Waals surface area contributed by atoms with Gasteiger partial charge in [0.05, 0.1) is 5.69 Å². The van der Waals surface area contributed by atoms with Crippen molar-refractivity contribution in [1.82, 2.24) is 19.2 Å². The number of halogens is 2. The minimum absolute atomic E-state index is 0.0162. The lowest BCUT2D eigenvalue weighted by Gasteiger charge is -2.06. The van der Waals surface area contributed by atoms with Crippen LogP contribution in [0.25, 0.3) is 5.78 Å². The lowest BCUT2D eigenvalue weighted by atomic mass is 10.3. The first-order valence-corrected chi connectivity index (χ1v) is 9.32. The standard InChI is InChI=1S/C19H14BrFN6O2/c20-12-6-7-15(14(21)10-12)23-17(28)11-27-19(29)26-9-8-16(24-18(26)25-27)22-13-4-2-1-3-5-13/h1-10H,11H2,(H,23,28)(H,22,24,25). The van der Waals surface area contributed by atoms with Crippen molar-refractivity contribution in [2.24, 2.45) is 0 Å². The van der Waals surface area contributed by atoms with Gasteiger partial charge in [0, 0.05) is 16.4 Å². The number of carbonyl (C=O) groups is 1. The van der Waals surface area contributed by atoms with E-state index in [0.29, 0.717) is 10.3 Å². The third-order valence-corrected chi connectivity index (χ3v) is 4.49. The second-order valence-electron chi connectivity index (χ2n) is 6.09. The third-order valence-electron chi connectivity index (χ3n) is 4.00. The van der Waals surface area contributed by atoms with Crippen LogP contribution in [0.3, 0.4) is 0 Å². The molecular formula is C19H14BrFN6O2. The van der Waals surface area contributed by atoms with Gasteiger partial charge in [-0.3, -0.25) is 4.79 Å². The highest BCUT2D eigenvalue weighted by atomic mass is 79.9. The van der Waals surface area contributed by atoms with E-state index in [0.717, 1.165) is 10.4 Å². The molecule has 0 saturated carbocycles. The molecule has 0 atom stereocenters. The summed E-state index contributed by atoms with van der Waals surface area (Å²) < 4.78 is 16.6. The van der Waals surface area contributed by atoms with Crippen molar-refractivity contribution in [3.63, 3.8) is 0 Å². The molecule has 4 aromatic rings. The van der Waals surface area contributed by atoms with E-state index in [2.05, 4.69) is 36.6 Å². The number of para-hydroxylation sites is 1. The molecule has 10 heteroatoms. The summed E-state index contributed by atoms with van der Waals surface area (Å²) in [5, 5.41) is 9.62. The van der Waals surface area contributed by atoms with Gasteiger partial charge in [0.15, 0.2) is 0 Å². The fraction of sp³-hybridized carbons (Fsp3) is 0.0526. The van der Waals surface area contributed by atoms with Gasteiger partial charge in [-0.05, 0) is 36.4 Å². The van der Waals surface area contributed by atoms with Crippen LogP contribution in [0.1, 0.15) is 0 Å². The summed E-state index contributed by atoms with van der Waals surface area (Å²) in [5.74, 6) is -0.534. The predicted molar refractivity (Wildman–Crippen MR) is 110 cm³/mol. The molecule has 29 heavy (non-hydrogen) atoms. The number of rotatable bonds is 5. The second-order valence-corrected chi connectivity index (χ2v) is 7.00. The zero-order valence-electron chi connectivity index (χ0n) is 14.8. The van der Waals surface area contributed by atoms with Crippen LogP contribution in [0.4, 0.5) is 21.6 Å². The van der Waals surface area contributed by atoms with E-state index < -0.39 is 17.4 Å². The summed E-state index contributed by atoms with van der Waals surface area (Å²) in [5.41, 5.74) is 0.328.